The molecule has 0 fully saturated rings. The molecule has 0 N–H and O–H groups in total. The van der Waals surface area contributed by atoms with Crippen LogP contribution >= 0.6 is 0 Å². The van der Waals surface area contributed by atoms with Gasteiger partial charge in [-0.25, -0.2) is 0 Å². The Morgan fingerprint density at radius 3 is 2.18 bits per heavy atom. The molecule has 1 atom stereocenters. The number of carbonyl (C=O) groups excluding carboxylic acids is 2. The van der Waals surface area contributed by atoms with Crippen LogP contribution in [0, 0.1) is 11.3 Å². The highest BCUT2D eigenvalue weighted by Crippen LogP contribution is 2.20. The van der Waals surface area contributed by atoms with Crippen LogP contribution in [0.4, 0.5) is 0 Å². The maximum Gasteiger partial charge on any atom is 0.141 e. The van der Waals surface area contributed by atoms with E-state index >= 15 is 0 Å². The first-order chi connectivity index (χ1) is 4.89. The van der Waals surface area contributed by atoms with Crippen molar-refractivity contribution in [2.24, 2.45) is 11.3 Å². The van der Waals surface area contributed by atoms with Gasteiger partial charge in [0, 0.05) is 17.8 Å². The number of carbonyl (C=O) groups is 2. The molecule has 0 aromatic carbocycles. The second-order valence-electron chi connectivity index (χ2n) is 3.92. The number of hydrogen-bond acceptors (Lipinski definition) is 2. The van der Waals surface area contributed by atoms with Gasteiger partial charge >= 0.3 is 0 Å². The van der Waals surface area contributed by atoms with Crippen LogP contribution < -0.4 is 0 Å². The molecule has 0 aromatic rings. The van der Waals surface area contributed by atoms with E-state index < -0.39 is 0 Å². The highest BCUT2D eigenvalue weighted by Gasteiger charge is 2.25. The van der Waals surface area contributed by atoms with Crippen molar-refractivity contribution in [3.8, 4) is 0 Å². The Balaban J connectivity index is 4.13. The Labute approximate surface area is 68.0 Å². The summed E-state index contributed by atoms with van der Waals surface area (Å²) < 4.78 is 0. The minimum Gasteiger partial charge on any atom is -0.303 e. The van der Waals surface area contributed by atoms with Crippen LogP contribution in [0.25, 0.3) is 0 Å². The molecule has 0 bridgehead atoms. The van der Waals surface area contributed by atoms with Crippen molar-refractivity contribution in [3.05, 3.63) is 0 Å². The Hall–Kier alpha value is -0.660. The highest BCUT2D eigenvalue weighted by molar-refractivity contribution is 5.87. The molecule has 11 heavy (non-hydrogen) atoms. The Kier molecular flexibility index (Phi) is 3.43. The van der Waals surface area contributed by atoms with Gasteiger partial charge in [0.15, 0.2) is 0 Å². The maximum absolute atomic E-state index is 11.4. The minimum absolute atomic E-state index is 0.132. The zero-order chi connectivity index (χ0) is 9.07. The maximum atomic E-state index is 11.4. The van der Waals surface area contributed by atoms with Crippen LogP contribution in [-0.4, -0.2) is 12.1 Å². The van der Waals surface area contributed by atoms with E-state index in [2.05, 4.69) is 0 Å². The molecular weight excluding hydrogens is 140 g/mol. The predicted octanol–water partition coefficient (Wildman–Crippen LogP) is 1.83. The fourth-order valence-corrected chi connectivity index (χ4v) is 0.991. The van der Waals surface area contributed by atoms with Gasteiger partial charge in [-0.05, 0) is 0 Å². The zero-order valence-electron chi connectivity index (χ0n) is 7.68. The smallest absolute Gasteiger partial charge is 0.141 e. The quantitative estimate of drug-likeness (QED) is 0.584. The first kappa shape index (κ1) is 10.3. The molecule has 0 saturated carbocycles. The summed E-state index contributed by atoms with van der Waals surface area (Å²) >= 11 is 0. The first-order valence-electron chi connectivity index (χ1n) is 3.87. The zero-order valence-corrected chi connectivity index (χ0v) is 7.68. The molecule has 0 aliphatic rings. The van der Waals surface area contributed by atoms with Gasteiger partial charge in [-0.15, -0.1) is 0 Å². The Bertz CT molecular complexity index is 153. The van der Waals surface area contributed by atoms with E-state index in [9.17, 15) is 9.59 Å². The van der Waals surface area contributed by atoms with Gasteiger partial charge in [0.25, 0.3) is 0 Å². The standard InChI is InChI=1S/C9H16O2/c1-7(5-6-10)8(11)9(2,3)4/h6-7H,5H2,1-4H3. The monoisotopic (exact) mass is 156 g/mol. The summed E-state index contributed by atoms with van der Waals surface area (Å²) in [5.41, 5.74) is -0.317. The van der Waals surface area contributed by atoms with Gasteiger partial charge in [0.1, 0.15) is 12.1 Å². The summed E-state index contributed by atoms with van der Waals surface area (Å²) in [6, 6.07) is 0. The number of aldehydes is 1. The third kappa shape index (κ3) is 3.30. The number of ketones is 1. The molecule has 0 radical (unpaired) electrons. The van der Waals surface area contributed by atoms with Gasteiger partial charge in [-0.2, -0.15) is 0 Å². The first-order valence-corrected chi connectivity index (χ1v) is 3.87. The van der Waals surface area contributed by atoms with Crippen molar-refractivity contribution in [2.45, 2.75) is 34.1 Å². The lowest BCUT2D eigenvalue weighted by molar-refractivity contribution is -0.131. The fraction of sp³-hybridized carbons (Fsp3) is 0.778. The number of rotatable bonds is 3. The summed E-state index contributed by atoms with van der Waals surface area (Å²) in [6.45, 7) is 7.41. The van der Waals surface area contributed by atoms with E-state index in [4.69, 9.17) is 0 Å². The topological polar surface area (TPSA) is 34.1 Å². The molecule has 2 heteroatoms. The van der Waals surface area contributed by atoms with Gasteiger partial charge in [0.2, 0.25) is 0 Å². The minimum atomic E-state index is -0.317. The van der Waals surface area contributed by atoms with Crippen LogP contribution in [0.1, 0.15) is 34.1 Å². The van der Waals surface area contributed by atoms with E-state index in [1.165, 1.54) is 0 Å². The summed E-state index contributed by atoms with van der Waals surface area (Å²) in [6.07, 6.45) is 1.14. The van der Waals surface area contributed by atoms with E-state index in [1.807, 2.05) is 20.8 Å². The van der Waals surface area contributed by atoms with Gasteiger partial charge in [-0.1, -0.05) is 27.7 Å². The summed E-state index contributed by atoms with van der Waals surface area (Å²) in [5, 5.41) is 0. The molecule has 0 aliphatic heterocycles. The lowest BCUT2D eigenvalue weighted by Gasteiger charge is -2.20. The third-order valence-corrected chi connectivity index (χ3v) is 1.64. The third-order valence-electron chi connectivity index (χ3n) is 1.64. The van der Waals surface area contributed by atoms with Gasteiger partial charge < -0.3 is 4.79 Å². The van der Waals surface area contributed by atoms with E-state index in [0.29, 0.717) is 6.42 Å². The average molecular weight is 156 g/mol. The molecule has 0 spiro atoms. The van der Waals surface area contributed by atoms with Gasteiger partial charge in [0.05, 0.1) is 0 Å². The normalized spacial score (nSPS) is 14.2. The molecule has 64 valence electrons. The molecule has 0 amide bonds. The van der Waals surface area contributed by atoms with Crippen LogP contribution in [0.3, 0.4) is 0 Å². The summed E-state index contributed by atoms with van der Waals surface area (Å²) in [7, 11) is 0. The molecule has 2 nitrogen and oxygen atoms in total. The highest BCUT2D eigenvalue weighted by atomic mass is 16.1. The molecule has 0 saturated heterocycles. The lowest BCUT2D eigenvalue weighted by Crippen LogP contribution is -2.26. The second kappa shape index (κ2) is 3.65. The van der Waals surface area contributed by atoms with Crippen LogP contribution in [-0.2, 0) is 9.59 Å². The van der Waals surface area contributed by atoms with Crippen molar-refractivity contribution < 1.29 is 9.59 Å². The van der Waals surface area contributed by atoms with Crippen molar-refractivity contribution in [1.29, 1.82) is 0 Å². The SMILES string of the molecule is CC(CC=O)C(=O)C(C)(C)C. The van der Waals surface area contributed by atoms with Gasteiger partial charge in [-0.3, -0.25) is 4.79 Å². The fourth-order valence-electron chi connectivity index (χ4n) is 0.991. The second-order valence-corrected chi connectivity index (χ2v) is 3.92. The molecule has 0 aliphatic carbocycles. The molecule has 0 heterocycles. The summed E-state index contributed by atoms with van der Waals surface area (Å²) in [4.78, 5) is 21.5. The van der Waals surface area contributed by atoms with Crippen molar-refractivity contribution in [1.82, 2.24) is 0 Å². The molecule has 1 unspecified atom stereocenters. The van der Waals surface area contributed by atoms with Crippen LogP contribution in [0.2, 0.25) is 0 Å². The average Bonchev–Trinajstić information content (AvgIpc) is 1.85. The van der Waals surface area contributed by atoms with Crippen LogP contribution in [0.15, 0.2) is 0 Å². The number of Topliss-reactive ketones (excluding diaryl/α,β-unsaturated/α-hetero) is 1. The lowest BCUT2D eigenvalue weighted by atomic mass is 9.83. The van der Waals surface area contributed by atoms with Crippen LogP contribution in [0.5, 0.6) is 0 Å². The van der Waals surface area contributed by atoms with Crippen molar-refractivity contribution in [3.63, 3.8) is 0 Å². The van der Waals surface area contributed by atoms with E-state index in [1.54, 1.807) is 6.92 Å². The largest absolute Gasteiger partial charge is 0.303 e. The van der Waals surface area contributed by atoms with Crippen molar-refractivity contribution >= 4 is 12.1 Å². The Morgan fingerprint density at radius 2 is 1.91 bits per heavy atom. The van der Waals surface area contributed by atoms with E-state index in [0.717, 1.165) is 6.29 Å². The summed E-state index contributed by atoms with van der Waals surface area (Å²) in [5.74, 6) is 0.0251. The molecule has 0 aromatic heterocycles. The number of hydrogen-bond donors (Lipinski definition) is 0. The van der Waals surface area contributed by atoms with E-state index in [-0.39, 0.29) is 17.1 Å². The Morgan fingerprint density at radius 1 is 1.45 bits per heavy atom. The molecule has 0 rings (SSSR count). The predicted molar refractivity (Wildman–Crippen MR) is 44.3 cm³/mol. The van der Waals surface area contributed by atoms with Crippen molar-refractivity contribution in [2.75, 3.05) is 0 Å². The molecular formula is C9H16O2.